The van der Waals surface area contributed by atoms with Crippen LogP contribution in [0, 0.1) is 5.82 Å². The van der Waals surface area contributed by atoms with E-state index in [4.69, 9.17) is 11.6 Å². The van der Waals surface area contributed by atoms with Crippen molar-refractivity contribution in [3.8, 4) is 11.3 Å². The summed E-state index contributed by atoms with van der Waals surface area (Å²) >= 11 is 5.95. The first-order valence-corrected chi connectivity index (χ1v) is 11.9. The van der Waals surface area contributed by atoms with Crippen LogP contribution in [0.2, 0.25) is 5.02 Å². The lowest BCUT2D eigenvalue weighted by atomic mass is 10.1. The Hall–Kier alpha value is -2.96. The van der Waals surface area contributed by atoms with Crippen LogP contribution in [0.3, 0.4) is 0 Å². The van der Waals surface area contributed by atoms with Crippen molar-refractivity contribution in [1.29, 1.82) is 0 Å². The molecule has 13 heteroatoms. The van der Waals surface area contributed by atoms with Crippen LogP contribution in [0.5, 0.6) is 0 Å². The molecule has 0 bridgehead atoms. The number of aromatic nitrogens is 2. The number of nitrogens with one attached hydrogen (secondary N) is 2. The van der Waals surface area contributed by atoms with Crippen molar-refractivity contribution in [3.05, 3.63) is 64.9 Å². The van der Waals surface area contributed by atoms with Gasteiger partial charge in [0.05, 0.1) is 16.3 Å². The summed E-state index contributed by atoms with van der Waals surface area (Å²) in [5.41, 5.74) is -1.99. The predicted molar refractivity (Wildman–Crippen MR) is 120 cm³/mol. The normalized spacial score (nSPS) is 14.8. The van der Waals surface area contributed by atoms with E-state index in [1.54, 1.807) is 6.07 Å². The zero-order valence-corrected chi connectivity index (χ0v) is 19.0. The first kappa shape index (κ1) is 24.2. The minimum atomic E-state index is -4.81. The summed E-state index contributed by atoms with van der Waals surface area (Å²) in [6.07, 6.45) is -4.81. The smallest absolute Gasteiger partial charge is 0.354 e. The molecule has 1 aromatic carbocycles. The SMILES string of the molecule is O=S(=O)(Nc1ccc(C(F)(F)F)c(-c2ccc(F)cc2Cl)n1)c1cccc(N2CCNCC2)n1. The molecule has 180 valence electrons. The minimum Gasteiger partial charge on any atom is -0.354 e. The van der Waals surface area contributed by atoms with E-state index in [0.717, 1.165) is 37.4 Å². The molecule has 1 saturated heterocycles. The molecule has 0 aliphatic carbocycles. The van der Waals surface area contributed by atoms with Gasteiger partial charge in [-0.05, 0) is 42.5 Å². The molecular formula is C21H18ClF4N5O2S. The third kappa shape index (κ3) is 5.24. The molecule has 1 fully saturated rings. The summed E-state index contributed by atoms with van der Waals surface area (Å²) in [5, 5.41) is 2.57. The van der Waals surface area contributed by atoms with Gasteiger partial charge < -0.3 is 10.2 Å². The molecule has 3 heterocycles. The number of pyridine rings is 2. The molecule has 0 unspecified atom stereocenters. The van der Waals surface area contributed by atoms with Crippen LogP contribution < -0.4 is 14.9 Å². The fourth-order valence-electron chi connectivity index (χ4n) is 3.45. The van der Waals surface area contributed by atoms with E-state index in [-0.39, 0.29) is 21.4 Å². The highest BCUT2D eigenvalue weighted by Gasteiger charge is 2.35. The Labute approximate surface area is 197 Å². The van der Waals surface area contributed by atoms with Crippen molar-refractivity contribution in [2.45, 2.75) is 11.2 Å². The molecule has 34 heavy (non-hydrogen) atoms. The number of rotatable bonds is 5. The molecule has 2 aromatic heterocycles. The summed E-state index contributed by atoms with van der Waals surface area (Å²) in [4.78, 5) is 9.98. The van der Waals surface area contributed by atoms with E-state index in [1.165, 1.54) is 12.1 Å². The van der Waals surface area contributed by atoms with Gasteiger partial charge in [-0.15, -0.1) is 0 Å². The van der Waals surface area contributed by atoms with Gasteiger partial charge in [0.25, 0.3) is 10.0 Å². The quantitative estimate of drug-likeness (QED) is 0.496. The van der Waals surface area contributed by atoms with Gasteiger partial charge in [-0.3, -0.25) is 4.72 Å². The van der Waals surface area contributed by atoms with E-state index in [1.807, 2.05) is 4.90 Å². The molecule has 0 amide bonds. The maximum Gasteiger partial charge on any atom is 0.418 e. The number of alkyl halides is 3. The van der Waals surface area contributed by atoms with Gasteiger partial charge >= 0.3 is 6.18 Å². The van der Waals surface area contributed by atoms with E-state index in [0.29, 0.717) is 25.0 Å². The zero-order valence-electron chi connectivity index (χ0n) is 17.4. The Kier molecular flexibility index (Phi) is 6.65. The molecular weight excluding hydrogens is 498 g/mol. The molecule has 1 aliphatic heterocycles. The zero-order chi connectivity index (χ0) is 24.5. The molecule has 2 N–H and O–H groups in total. The van der Waals surface area contributed by atoms with Crippen molar-refractivity contribution in [2.75, 3.05) is 35.8 Å². The van der Waals surface area contributed by atoms with Crippen LogP contribution >= 0.6 is 11.6 Å². The van der Waals surface area contributed by atoms with Crippen molar-refractivity contribution in [2.24, 2.45) is 0 Å². The van der Waals surface area contributed by atoms with Crippen molar-refractivity contribution in [1.82, 2.24) is 15.3 Å². The Morgan fingerprint density at radius 2 is 1.76 bits per heavy atom. The van der Waals surface area contributed by atoms with Gasteiger partial charge in [0, 0.05) is 31.7 Å². The second-order valence-corrected chi connectivity index (χ2v) is 9.43. The van der Waals surface area contributed by atoms with Crippen LogP contribution in [0.4, 0.5) is 29.2 Å². The van der Waals surface area contributed by atoms with E-state index in [2.05, 4.69) is 20.0 Å². The van der Waals surface area contributed by atoms with Crippen LogP contribution in [-0.2, 0) is 16.2 Å². The highest BCUT2D eigenvalue weighted by molar-refractivity contribution is 7.92. The van der Waals surface area contributed by atoms with Crippen molar-refractivity contribution >= 4 is 33.3 Å². The molecule has 0 saturated carbocycles. The van der Waals surface area contributed by atoms with Crippen LogP contribution in [-0.4, -0.2) is 44.6 Å². The van der Waals surface area contributed by atoms with Crippen LogP contribution in [0.25, 0.3) is 11.3 Å². The Morgan fingerprint density at radius 3 is 2.44 bits per heavy atom. The summed E-state index contributed by atoms with van der Waals surface area (Å²) in [6.45, 7) is 2.74. The third-order valence-electron chi connectivity index (χ3n) is 5.05. The molecule has 0 radical (unpaired) electrons. The number of piperazine rings is 1. The molecule has 0 atom stereocenters. The second kappa shape index (κ2) is 9.35. The third-order valence-corrected chi connectivity index (χ3v) is 6.62. The van der Waals surface area contributed by atoms with Gasteiger partial charge in [-0.25, -0.2) is 14.4 Å². The summed E-state index contributed by atoms with van der Waals surface area (Å²) < 4.78 is 82.2. The number of nitrogens with zero attached hydrogens (tertiary/aromatic N) is 3. The average molecular weight is 516 g/mol. The van der Waals surface area contributed by atoms with Crippen LogP contribution in [0.1, 0.15) is 5.56 Å². The Bertz CT molecular complexity index is 1310. The largest absolute Gasteiger partial charge is 0.418 e. The molecule has 3 aromatic rings. The first-order chi connectivity index (χ1) is 16.0. The van der Waals surface area contributed by atoms with Crippen molar-refractivity contribution < 1.29 is 26.0 Å². The van der Waals surface area contributed by atoms with Gasteiger partial charge in [0.1, 0.15) is 17.5 Å². The number of hydrogen-bond acceptors (Lipinski definition) is 6. The maximum absolute atomic E-state index is 13.6. The monoisotopic (exact) mass is 515 g/mol. The van der Waals surface area contributed by atoms with Gasteiger partial charge in [0.15, 0.2) is 5.03 Å². The lowest BCUT2D eigenvalue weighted by molar-refractivity contribution is -0.137. The highest BCUT2D eigenvalue weighted by Crippen LogP contribution is 2.39. The van der Waals surface area contributed by atoms with E-state index >= 15 is 0 Å². The van der Waals surface area contributed by atoms with Crippen LogP contribution in [0.15, 0.2) is 53.6 Å². The summed E-state index contributed by atoms with van der Waals surface area (Å²) in [7, 11) is -4.28. The Morgan fingerprint density at radius 1 is 1.03 bits per heavy atom. The summed E-state index contributed by atoms with van der Waals surface area (Å²) in [5.74, 6) is -0.657. The molecule has 1 aliphatic rings. The summed E-state index contributed by atoms with van der Waals surface area (Å²) in [6, 6.07) is 8.89. The fraction of sp³-hybridized carbons (Fsp3) is 0.238. The number of hydrogen-bond donors (Lipinski definition) is 2. The van der Waals surface area contributed by atoms with Gasteiger partial charge in [-0.2, -0.15) is 21.6 Å². The first-order valence-electron chi connectivity index (χ1n) is 10.0. The number of anilines is 2. The second-order valence-electron chi connectivity index (χ2n) is 7.39. The molecule has 0 spiro atoms. The number of halogens is 5. The van der Waals surface area contributed by atoms with E-state index in [9.17, 15) is 26.0 Å². The predicted octanol–water partition coefficient (Wildman–Crippen LogP) is 4.17. The number of sulfonamides is 1. The number of benzene rings is 1. The minimum absolute atomic E-state index is 0.199. The molecule has 4 rings (SSSR count). The Balaban J connectivity index is 1.70. The highest BCUT2D eigenvalue weighted by atomic mass is 35.5. The van der Waals surface area contributed by atoms with Gasteiger partial charge in [0.2, 0.25) is 0 Å². The topological polar surface area (TPSA) is 87.2 Å². The fourth-order valence-corrected chi connectivity index (χ4v) is 4.67. The lowest BCUT2D eigenvalue weighted by Gasteiger charge is -2.28. The lowest BCUT2D eigenvalue weighted by Crippen LogP contribution is -2.44. The standard InChI is InChI=1S/C21H18ClF4N5O2S/c22-16-12-13(23)4-5-14(16)20-15(21(24,25)26)6-7-17(28-20)30-34(32,33)19-3-1-2-18(29-19)31-10-8-27-9-11-31/h1-7,12,27H,8-11H2,(H,28,30). The maximum atomic E-state index is 13.6. The van der Waals surface area contributed by atoms with Crippen molar-refractivity contribution in [3.63, 3.8) is 0 Å². The van der Waals surface area contributed by atoms with E-state index < -0.39 is 33.3 Å². The average Bonchev–Trinajstić information content (AvgIpc) is 2.79. The van der Waals surface area contributed by atoms with Gasteiger partial charge in [-0.1, -0.05) is 17.7 Å². The molecule has 7 nitrogen and oxygen atoms in total.